The van der Waals surface area contributed by atoms with Crippen molar-refractivity contribution in [1.29, 1.82) is 0 Å². The molecule has 1 nitrogen and oxygen atoms in total. The maximum absolute atomic E-state index is 5.41. The van der Waals surface area contributed by atoms with E-state index in [-0.39, 0.29) is 0 Å². The second-order valence-corrected chi connectivity index (χ2v) is 3.01. The van der Waals surface area contributed by atoms with E-state index in [2.05, 4.69) is 0 Å². The lowest BCUT2D eigenvalue weighted by molar-refractivity contribution is 1.27. The summed E-state index contributed by atoms with van der Waals surface area (Å²) in [5.74, 6) is 0. The number of halogens is 1. The van der Waals surface area contributed by atoms with Crippen molar-refractivity contribution in [2.75, 3.05) is 12.5 Å². The molecule has 0 atom stereocenters. The van der Waals surface area contributed by atoms with Gasteiger partial charge in [0.1, 0.15) is 0 Å². The summed E-state index contributed by atoms with van der Waals surface area (Å²) in [6.07, 6.45) is 3.84. The van der Waals surface area contributed by atoms with Crippen molar-refractivity contribution in [3.63, 3.8) is 0 Å². The van der Waals surface area contributed by atoms with Crippen LogP contribution in [0.1, 0.15) is 0 Å². The fraction of sp³-hybridized carbons (Fsp3) is 1.00. The van der Waals surface area contributed by atoms with Crippen LogP contribution in [0.25, 0.3) is 0 Å². The van der Waals surface area contributed by atoms with Gasteiger partial charge in [0.2, 0.25) is 0 Å². The molecule has 0 saturated heterocycles. The normalized spacial score (nSPS) is 10.0. The van der Waals surface area contributed by atoms with Crippen molar-refractivity contribution in [3.05, 3.63) is 0 Å². The van der Waals surface area contributed by atoms with Crippen LogP contribution in [0.3, 0.4) is 0 Å². The zero-order chi connectivity index (χ0) is 4.99. The lowest BCUT2D eigenvalue weighted by Crippen LogP contribution is -1.81. The van der Waals surface area contributed by atoms with Gasteiger partial charge in [0.15, 0.2) is 0 Å². The van der Waals surface area contributed by atoms with Gasteiger partial charge in [0.25, 0.3) is 0 Å². The predicted molar refractivity (Wildman–Crippen MR) is 34.7 cm³/mol. The molecule has 0 N–H and O–H groups in total. The molecular weight excluding hydrogens is 138 g/mol. The molecule has 38 valence electrons. The molecule has 0 spiro atoms. The van der Waals surface area contributed by atoms with E-state index in [4.69, 9.17) is 11.8 Å². The molecule has 0 aliphatic heterocycles. The molecule has 0 aromatic rings. The Morgan fingerprint density at radius 3 is 1.67 bits per heavy atom. The van der Waals surface area contributed by atoms with Crippen molar-refractivity contribution >= 4 is 35.7 Å². The summed E-state index contributed by atoms with van der Waals surface area (Å²) in [4.78, 5) is 0. The Labute approximate surface area is 51.8 Å². The Kier molecular flexibility index (Phi) is 4.77. The van der Waals surface area contributed by atoms with E-state index in [9.17, 15) is 0 Å². The predicted octanol–water partition coefficient (Wildman–Crippen LogP) is 2.00. The molecule has 4 heteroatoms. The minimum absolute atomic E-state index is 1.49. The Morgan fingerprint density at radius 2 is 1.67 bits per heavy atom. The summed E-state index contributed by atoms with van der Waals surface area (Å²) in [6.45, 7) is 0. The highest BCUT2D eigenvalue weighted by atomic mass is 35.5. The molecule has 0 aromatic carbocycles. The summed E-state index contributed by atoms with van der Waals surface area (Å²) in [6, 6.07) is 0. The van der Waals surface area contributed by atoms with Gasteiger partial charge in [-0.15, -0.1) is 3.23 Å². The summed E-state index contributed by atoms with van der Waals surface area (Å²) < 4.78 is 1.56. The van der Waals surface area contributed by atoms with Crippen molar-refractivity contribution in [2.45, 2.75) is 0 Å². The maximum Gasteiger partial charge on any atom is 0.00174 e. The molecule has 0 aliphatic rings. The lowest BCUT2D eigenvalue weighted by Gasteiger charge is -1.99. The molecule has 0 radical (unpaired) electrons. The molecule has 0 rings (SSSR count). The zero-order valence-corrected chi connectivity index (χ0v) is 6.03. The average molecular weight is 144 g/mol. The van der Waals surface area contributed by atoms with E-state index in [1.165, 1.54) is 23.9 Å². The van der Waals surface area contributed by atoms with Crippen molar-refractivity contribution in [3.8, 4) is 0 Å². The quantitative estimate of drug-likeness (QED) is 0.430. The molecule has 0 aromatic heterocycles. The third-order valence-electron chi connectivity index (χ3n) is 0.287. The molecule has 0 bridgehead atoms. The van der Waals surface area contributed by atoms with E-state index in [1.807, 2.05) is 12.5 Å². The van der Waals surface area contributed by atoms with Crippen LogP contribution in [0, 0.1) is 0 Å². The minimum atomic E-state index is 1.49. The molecule has 0 aliphatic carbocycles. The van der Waals surface area contributed by atoms with Crippen molar-refractivity contribution < 1.29 is 0 Å². The van der Waals surface area contributed by atoms with Gasteiger partial charge in [-0.3, -0.25) is 0 Å². The summed E-state index contributed by atoms with van der Waals surface area (Å²) in [7, 11) is 0. The van der Waals surface area contributed by atoms with E-state index in [0.717, 1.165) is 0 Å². The van der Waals surface area contributed by atoms with Crippen LogP contribution < -0.4 is 0 Å². The third-order valence-corrected chi connectivity index (χ3v) is 2.58. The Hall–Kier alpha value is 0.950. The molecular formula is C2H6ClNS2. The largest absolute Gasteiger partial charge is 0.106 e. The third kappa shape index (κ3) is 3.15. The highest BCUT2D eigenvalue weighted by molar-refractivity contribution is 8.12. The summed E-state index contributed by atoms with van der Waals surface area (Å²) in [5.41, 5.74) is 0. The Bertz CT molecular complexity index is 30.7. The first-order chi connectivity index (χ1) is 2.81. The first kappa shape index (κ1) is 6.95. The fourth-order valence-electron chi connectivity index (χ4n) is 0.0745. The Morgan fingerprint density at radius 1 is 1.33 bits per heavy atom. The van der Waals surface area contributed by atoms with Gasteiger partial charge in [-0.05, 0) is 12.5 Å². The smallest absolute Gasteiger partial charge is 0.00174 e. The van der Waals surface area contributed by atoms with Crippen molar-refractivity contribution in [2.24, 2.45) is 0 Å². The van der Waals surface area contributed by atoms with Crippen molar-refractivity contribution in [1.82, 2.24) is 3.23 Å². The average Bonchev–Trinajstić information content (AvgIpc) is 1.65. The monoisotopic (exact) mass is 143 g/mol. The molecule has 0 amide bonds. The maximum atomic E-state index is 5.41. The summed E-state index contributed by atoms with van der Waals surface area (Å²) in [5, 5.41) is 0. The molecule has 0 heterocycles. The van der Waals surface area contributed by atoms with Gasteiger partial charge < -0.3 is 0 Å². The van der Waals surface area contributed by atoms with Crippen LogP contribution in [-0.2, 0) is 0 Å². The van der Waals surface area contributed by atoms with E-state index in [0.29, 0.717) is 0 Å². The van der Waals surface area contributed by atoms with Crippen LogP contribution in [0.5, 0.6) is 0 Å². The number of nitrogens with zero attached hydrogens (tertiary/aromatic N) is 1. The topological polar surface area (TPSA) is 3.24 Å². The second-order valence-electron chi connectivity index (χ2n) is 0.578. The minimum Gasteiger partial charge on any atom is -0.106 e. The van der Waals surface area contributed by atoms with E-state index >= 15 is 0 Å². The van der Waals surface area contributed by atoms with Gasteiger partial charge in [0.05, 0.1) is 0 Å². The number of rotatable bonds is 2. The van der Waals surface area contributed by atoms with Gasteiger partial charge in [-0.25, -0.2) is 0 Å². The Balaban J connectivity index is 2.75. The SMILES string of the molecule is CSN(Cl)SC. The number of hydrogen-bond acceptors (Lipinski definition) is 3. The van der Waals surface area contributed by atoms with E-state index in [1.54, 1.807) is 3.23 Å². The van der Waals surface area contributed by atoms with Crippen LogP contribution in [0.15, 0.2) is 0 Å². The van der Waals surface area contributed by atoms with Gasteiger partial charge in [-0.2, -0.15) is 0 Å². The first-order valence-electron chi connectivity index (χ1n) is 1.35. The molecule has 0 unspecified atom stereocenters. The van der Waals surface area contributed by atoms with Gasteiger partial charge in [0, 0.05) is 11.8 Å². The summed E-state index contributed by atoms with van der Waals surface area (Å²) >= 11 is 8.38. The van der Waals surface area contributed by atoms with Crippen LogP contribution in [0.4, 0.5) is 0 Å². The highest BCUT2D eigenvalue weighted by Gasteiger charge is 1.87. The lowest BCUT2D eigenvalue weighted by atomic mass is 12.0. The standard InChI is InChI=1S/C2H6ClNS2/c1-5-4(3)6-2/h1-2H3. The molecule has 6 heavy (non-hydrogen) atoms. The molecule has 0 fully saturated rings. The highest BCUT2D eigenvalue weighted by Crippen LogP contribution is 2.17. The van der Waals surface area contributed by atoms with Crippen LogP contribution >= 0.6 is 35.7 Å². The van der Waals surface area contributed by atoms with E-state index < -0.39 is 0 Å². The molecule has 0 saturated carbocycles. The fourth-order valence-corrected chi connectivity index (χ4v) is 0.671. The zero-order valence-electron chi connectivity index (χ0n) is 3.64. The van der Waals surface area contributed by atoms with Crippen LogP contribution in [0.2, 0.25) is 0 Å². The van der Waals surface area contributed by atoms with Crippen LogP contribution in [-0.4, -0.2) is 15.7 Å². The van der Waals surface area contributed by atoms with Gasteiger partial charge in [-0.1, -0.05) is 23.9 Å². The first-order valence-corrected chi connectivity index (χ1v) is 4.05. The number of hydrogen-bond donors (Lipinski definition) is 0. The van der Waals surface area contributed by atoms with Gasteiger partial charge >= 0.3 is 0 Å². The second kappa shape index (κ2) is 4.12.